The molecule has 0 bridgehead atoms. The second-order valence-corrected chi connectivity index (χ2v) is 11.9. The highest BCUT2D eigenvalue weighted by atomic mass is 79.9. The molecule has 3 aromatic carbocycles. The zero-order valence-electron chi connectivity index (χ0n) is 22.3. The molecule has 4 nitrogen and oxygen atoms in total. The molecule has 14 heteroatoms. The summed E-state index contributed by atoms with van der Waals surface area (Å²) in [5.74, 6) is -2.38. The third-order valence-electron chi connectivity index (χ3n) is 6.69. The van der Waals surface area contributed by atoms with E-state index < -0.39 is 51.3 Å². The molecule has 1 aliphatic carbocycles. The van der Waals surface area contributed by atoms with Crippen molar-refractivity contribution in [2.45, 2.75) is 42.7 Å². The van der Waals surface area contributed by atoms with Crippen molar-refractivity contribution in [2.24, 2.45) is 5.92 Å². The topological polar surface area (TPSA) is 49.4 Å². The first-order valence-electron chi connectivity index (χ1n) is 12.9. The number of carbonyl (C=O) groups excluding carboxylic acids is 2. The molecular weight excluding hydrogens is 672 g/mol. The number of hydrogen-bond donors (Lipinski definition) is 1. The normalized spacial score (nSPS) is 14.0. The summed E-state index contributed by atoms with van der Waals surface area (Å²) < 4.78 is 111. The van der Waals surface area contributed by atoms with E-state index in [1.54, 1.807) is 30.3 Å². The van der Waals surface area contributed by atoms with Crippen LogP contribution in [0.2, 0.25) is 0 Å². The van der Waals surface area contributed by atoms with Crippen LogP contribution in [0.3, 0.4) is 0 Å². The van der Waals surface area contributed by atoms with Gasteiger partial charge in [-0.15, -0.1) is 11.8 Å². The van der Waals surface area contributed by atoms with Crippen LogP contribution in [0.25, 0.3) is 0 Å². The summed E-state index contributed by atoms with van der Waals surface area (Å²) in [6.07, 6.45) is -11.0. The fourth-order valence-electron chi connectivity index (χ4n) is 4.33. The van der Waals surface area contributed by atoms with E-state index in [1.807, 2.05) is 0 Å². The number of amides is 2. The molecule has 0 atom stereocenters. The van der Waals surface area contributed by atoms with Gasteiger partial charge in [0.1, 0.15) is 0 Å². The Kier molecular flexibility index (Phi) is 9.50. The average Bonchev–Trinajstić information content (AvgIpc) is 3.76. The van der Waals surface area contributed by atoms with Crippen LogP contribution in [0.4, 0.5) is 46.5 Å². The van der Waals surface area contributed by atoms with Gasteiger partial charge in [-0.25, -0.2) is 8.78 Å². The van der Waals surface area contributed by atoms with Gasteiger partial charge in [0.15, 0.2) is 5.82 Å². The Labute approximate surface area is 254 Å². The molecule has 0 heterocycles. The van der Waals surface area contributed by atoms with Crippen LogP contribution in [0.15, 0.2) is 70.0 Å². The maximum atomic E-state index is 15.9. The lowest BCUT2D eigenvalue weighted by Crippen LogP contribution is -2.50. The van der Waals surface area contributed by atoms with Crippen LogP contribution in [0.5, 0.6) is 0 Å². The van der Waals surface area contributed by atoms with Gasteiger partial charge in [-0.05, 0) is 76.8 Å². The molecule has 1 aliphatic rings. The zero-order chi connectivity index (χ0) is 31.7. The van der Waals surface area contributed by atoms with E-state index in [9.17, 15) is 40.3 Å². The molecule has 0 radical (unpaired) electrons. The molecular formula is C29H23BrF8N2O2S. The first-order valence-corrected chi connectivity index (χ1v) is 14.6. The van der Waals surface area contributed by atoms with Crippen molar-refractivity contribution in [2.75, 3.05) is 22.5 Å². The highest BCUT2D eigenvalue weighted by Gasteiger charge is 2.73. The van der Waals surface area contributed by atoms with Crippen LogP contribution in [-0.2, 0) is 5.67 Å². The number of halogens is 9. The lowest BCUT2D eigenvalue weighted by molar-refractivity contribution is -0.348. The summed E-state index contributed by atoms with van der Waals surface area (Å²) in [6, 6.07) is 12.6. The van der Waals surface area contributed by atoms with Crippen molar-refractivity contribution in [1.82, 2.24) is 0 Å². The number of carbonyl (C=O) groups is 2. The van der Waals surface area contributed by atoms with E-state index in [1.165, 1.54) is 24.0 Å². The van der Waals surface area contributed by atoms with Gasteiger partial charge in [-0.2, -0.15) is 26.3 Å². The van der Waals surface area contributed by atoms with Gasteiger partial charge in [0.25, 0.3) is 11.8 Å². The number of anilines is 2. The molecule has 1 fully saturated rings. The Morgan fingerprint density at radius 3 is 2.14 bits per heavy atom. The summed E-state index contributed by atoms with van der Waals surface area (Å²) in [7, 11) is 0. The summed E-state index contributed by atoms with van der Waals surface area (Å²) in [5, 5.41) is 2.32. The largest absolute Gasteiger partial charge is 0.435 e. The summed E-state index contributed by atoms with van der Waals surface area (Å²) >= 11 is 3.59. The summed E-state index contributed by atoms with van der Waals surface area (Å²) in [6.45, 7) is 1.73. The minimum absolute atomic E-state index is 0.123. The predicted octanol–water partition coefficient (Wildman–Crippen LogP) is 9.30. The lowest BCUT2D eigenvalue weighted by Gasteiger charge is -2.31. The number of alkyl halides is 7. The molecule has 230 valence electrons. The van der Waals surface area contributed by atoms with Gasteiger partial charge in [0.2, 0.25) is 0 Å². The number of thioether (sulfide) groups is 1. The summed E-state index contributed by atoms with van der Waals surface area (Å²) in [5.41, 5.74) is -8.13. The van der Waals surface area contributed by atoms with E-state index in [-0.39, 0.29) is 40.6 Å². The molecule has 1 N–H and O–H groups in total. The van der Waals surface area contributed by atoms with Crippen LogP contribution in [0, 0.1) is 11.7 Å². The number of benzene rings is 3. The fourth-order valence-corrected chi connectivity index (χ4v) is 5.85. The molecule has 0 aliphatic heterocycles. The monoisotopic (exact) mass is 694 g/mol. The van der Waals surface area contributed by atoms with Gasteiger partial charge in [-0.3, -0.25) is 9.59 Å². The number of hydrogen-bond acceptors (Lipinski definition) is 3. The van der Waals surface area contributed by atoms with Gasteiger partial charge >= 0.3 is 18.0 Å². The van der Waals surface area contributed by atoms with Crippen LogP contribution in [0.1, 0.15) is 46.0 Å². The molecule has 0 aromatic heterocycles. The Morgan fingerprint density at radius 2 is 1.58 bits per heavy atom. The maximum absolute atomic E-state index is 15.9. The third kappa shape index (κ3) is 6.69. The lowest BCUT2D eigenvalue weighted by atomic mass is 9.94. The minimum Gasteiger partial charge on any atom is -0.320 e. The van der Waals surface area contributed by atoms with Crippen LogP contribution >= 0.6 is 27.7 Å². The Bertz CT molecular complexity index is 1500. The van der Waals surface area contributed by atoms with E-state index >= 15 is 4.39 Å². The number of rotatable bonds is 9. The average molecular weight is 695 g/mol. The SMILES string of the molecule is CCSc1cc(C(F)(C(F)(F)F)C(F)(F)F)cc(Br)c1NC(=O)c1cccc(N(CC2CC2)C(=O)c2ccccc2)c1F. The van der Waals surface area contributed by atoms with Crippen molar-refractivity contribution in [1.29, 1.82) is 0 Å². The fraction of sp³-hybridized carbons (Fsp3) is 0.310. The molecule has 0 unspecified atom stereocenters. The molecule has 0 spiro atoms. The smallest absolute Gasteiger partial charge is 0.320 e. The molecule has 3 aromatic rings. The Hall–Kier alpha value is -3.13. The van der Waals surface area contributed by atoms with E-state index in [0.717, 1.165) is 30.7 Å². The standard InChI is InChI=1S/C29H23BrF8N2O2S/c1-2-43-22-14-18(27(32,28(33,34)35)29(36,37)38)13-20(30)24(22)39-25(41)19-9-6-10-21(23(19)31)40(15-16-11-12-16)26(42)17-7-4-3-5-8-17/h3-10,13-14,16H,2,11-12,15H2,1H3,(H,39,41). The second kappa shape index (κ2) is 12.5. The second-order valence-electron chi connectivity index (χ2n) is 9.74. The van der Waals surface area contributed by atoms with Crippen molar-refractivity contribution < 1.29 is 44.7 Å². The van der Waals surface area contributed by atoms with E-state index in [4.69, 9.17) is 0 Å². The van der Waals surface area contributed by atoms with Crippen molar-refractivity contribution >= 4 is 50.9 Å². The molecule has 1 saturated carbocycles. The molecule has 4 rings (SSSR count). The van der Waals surface area contributed by atoms with Crippen molar-refractivity contribution in [3.8, 4) is 0 Å². The first kappa shape index (κ1) is 32.8. The predicted molar refractivity (Wildman–Crippen MR) is 151 cm³/mol. The zero-order valence-corrected chi connectivity index (χ0v) is 24.7. The summed E-state index contributed by atoms with van der Waals surface area (Å²) in [4.78, 5) is 27.5. The molecule has 43 heavy (non-hydrogen) atoms. The molecule has 2 amide bonds. The number of nitrogens with zero attached hydrogens (tertiary/aromatic N) is 1. The molecule has 0 saturated heterocycles. The minimum atomic E-state index is -6.34. The van der Waals surface area contributed by atoms with Gasteiger partial charge < -0.3 is 10.2 Å². The van der Waals surface area contributed by atoms with Crippen LogP contribution < -0.4 is 10.2 Å². The van der Waals surface area contributed by atoms with Crippen LogP contribution in [-0.4, -0.2) is 36.5 Å². The first-order chi connectivity index (χ1) is 20.1. The highest BCUT2D eigenvalue weighted by molar-refractivity contribution is 9.10. The van der Waals surface area contributed by atoms with E-state index in [2.05, 4.69) is 21.2 Å². The Morgan fingerprint density at radius 1 is 0.953 bits per heavy atom. The van der Waals surface area contributed by atoms with Crippen molar-refractivity contribution in [3.63, 3.8) is 0 Å². The van der Waals surface area contributed by atoms with Gasteiger partial charge in [0, 0.05) is 27.0 Å². The van der Waals surface area contributed by atoms with E-state index in [0.29, 0.717) is 11.6 Å². The third-order valence-corrected chi connectivity index (χ3v) is 8.24. The quantitative estimate of drug-likeness (QED) is 0.179. The highest BCUT2D eigenvalue weighted by Crippen LogP contribution is 2.55. The van der Waals surface area contributed by atoms with Crippen molar-refractivity contribution in [3.05, 3.63) is 87.6 Å². The van der Waals surface area contributed by atoms with Gasteiger partial charge in [0.05, 0.1) is 16.9 Å². The number of nitrogens with one attached hydrogen (secondary N) is 1. The Balaban J connectivity index is 1.72. The van der Waals surface area contributed by atoms with Gasteiger partial charge in [-0.1, -0.05) is 31.2 Å². The maximum Gasteiger partial charge on any atom is 0.435 e.